The summed E-state index contributed by atoms with van der Waals surface area (Å²) in [6, 6.07) is 5.03. The Hall–Kier alpha value is -1.64. The maximum atomic E-state index is 11.8. The lowest BCUT2D eigenvalue weighted by molar-refractivity contribution is -0.116. The number of nitrogens with one attached hydrogen (secondary N) is 1. The molecule has 0 bridgehead atoms. The van der Waals surface area contributed by atoms with Crippen LogP contribution in [0.15, 0.2) is 23.3 Å². The maximum absolute atomic E-state index is 11.8. The fourth-order valence-electron chi connectivity index (χ4n) is 1.31. The number of carbonyl (C=O) groups excluding carboxylic acids is 2. The number of ether oxygens (including phenoxy) is 1. The van der Waals surface area contributed by atoms with Crippen molar-refractivity contribution < 1.29 is 14.3 Å². The Morgan fingerprint density at radius 2 is 2.16 bits per heavy atom. The molecule has 19 heavy (non-hydrogen) atoms. The van der Waals surface area contributed by atoms with Crippen LogP contribution >= 0.6 is 22.6 Å². The first-order valence-electron chi connectivity index (χ1n) is 5.39. The van der Waals surface area contributed by atoms with Gasteiger partial charge in [0.25, 0.3) is 5.91 Å². The fraction of sp³-hybridized carbons (Fsp3) is 0.250. The number of hydrogen-bond acceptors (Lipinski definition) is 4. The van der Waals surface area contributed by atoms with Crippen molar-refractivity contribution in [1.29, 1.82) is 0 Å². The van der Waals surface area contributed by atoms with Crippen molar-refractivity contribution in [2.45, 2.75) is 13.3 Å². The Labute approximate surface area is 124 Å². The first-order valence-corrected chi connectivity index (χ1v) is 6.47. The van der Waals surface area contributed by atoms with E-state index in [1.807, 2.05) is 0 Å². The van der Waals surface area contributed by atoms with E-state index in [2.05, 4.69) is 33.1 Å². The molecule has 1 aromatic rings. The van der Waals surface area contributed by atoms with E-state index in [0.717, 1.165) is 3.57 Å². The van der Waals surface area contributed by atoms with E-state index in [-0.39, 0.29) is 12.3 Å². The van der Waals surface area contributed by atoms with Crippen LogP contribution in [-0.4, -0.2) is 24.6 Å². The molecule has 0 saturated heterocycles. The van der Waals surface area contributed by atoms with E-state index in [4.69, 9.17) is 10.5 Å². The highest BCUT2D eigenvalue weighted by atomic mass is 127. The lowest BCUT2D eigenvalue weighted by atomic mass is 10.2. The zero-order valence-corrected chi connectivity index (χ0v) is 12.7. The van der Waals surface area contributed by atoms with E-state index >= 15 is 0 Å². The molecule has 0 saturated carbocycles. The van der Waals surface area contributed by atoms with Gasteiger partial charge in [-0.15, -0.1) is 0 Å². The second-order valence-corrected chi connectivity index (χ2v) is 4.94. The van der Waals surface area contributed by atoms with Crippen molar-refractivity contribution in [2.75, 3.05) is 7.11 Å². The number of hydrazone groups is 1. The molecule has 0 aliphatic heterocycles. The third-order valence-corrected chi connectivity index (χ3v) is 3.04. The van der Waals surface area contributed by atoms with Crippen LogP contribution in [0.2, 0.25) is 0 Å². The molecule has 2 amide bonds. The molecule has 0 heterocycles. The molecule has 3 N–H and O–H groups in total. The number of benzene rings is 1. The third kappa shape index (κ3) is 4.86. The molecule has 0 radical (unpaired) electrons. The van der Waals surface area contributed by atoms with Crippen LogP contribution in [0.4, 0.5) is 0 Å². The average Bonchev–Trinajstić information content (AvgIpc) is 2.35. The molecule has 0 spiro atoms. The summed E-state index contributed by atoms with van der Waals surface area (Å²) >= 11 is 2.08. The third-order valence-electron chi connectivity index (χ3n) is 2.19. The minimum absolute atomic E-state index is 0.0143. The van der Waals surface area contributed by atoms with E-state index in [1.165, 1.54) is 0 Å². The number of nitrogens with two attached hydrogens (primary N) is 1. The number of primary amides is 1. The van der Waals surface area contributed by atoms with Gasteiger partial charge in [0.15, 0.2) is 0 Å². The van der Waals surface area contributed by atoms with Gasteiger partial charge in [-0.3, -0.25) is 9.59 Å². The highest BCUT2D eigenvalue weighted by Gasteiger charge is 2.08. The van der Waals surface area contributed by atoms with Crippen LogP contribution in [0.3, 0.4) is 0 Å². The van der Waals surface area contributed by atoms with Gasteiger partial charge in [-0.25, -0.2) is 5.43 Å². The lowest BCUT2D eigenvalue weighted by Gasteiger charge is -2.05. The van der Waals surface area contributed by atoms with E-state index in [9.17, 15) is 9.59 Å². The van der Waals surface area contributed by atoms with Crippen LogP contribution in [-0.2, 0) is 4.79 Å². The molecule has 6 nitrogen and oxygen atoms in total. The van der Waals surface area contributed by atoms with Crippen molar-refractivity contribution in [3.05, 3.63) is 27.3 Å². The topological polar surface area (TPSA) is 93.8 Å². The highest BCUT2D eigenvalue weighted by Crippen LogP contribution is 2.21. The number of rotatable bonds is 5. The molecule has 7 heteroatoms. The Bertz CT molecular complexity index is 529. The van der Waals surface area contributed by atoms with E-state index < -0.39 is 5.91 Å². The zero-order valence-electron chi connectivity index (χ0n) is 10.6. The molecule has 1 aromatic carbocycles. The summed E-state index contributed by atoms with van der Waals surface area (Å²) in [7, 11) is 1.56. The quantitative estimate of drug-likeness (QED) is 0.461. The largest absolute Gasteiger partial charge is 0.496 e. The minimum Gasteiger partial charge on any atom is -0.496 e. The number of nitrogens with zero attached hydrogens (tertiary/aromatic N) is 1. The first-order chi connectivity index (χ1) is 8.93. The molecular weight excluding hydrogens is 361 g/mol. The van der Waals surface area contributed by atoms with Crippen LogP contribution in [0.5, 0.6) is 5.75 Å². The Balaban J connectivity index is 2.73. The van der Waals surface area contributed by atoms with Crippen molar-refractivity contribution in [1.82, 2.24) is 5.43 Å². The Morgan fingerprint density at radius 1 is 1.47 bits per heavy atom. The number of methoxy groups -OCH3 is 1. The van der Waals surface area contributed by atoms with Gasteiger partial charge in [-0.05, 0) is 47.7 Å². The van der Waals surface area contributed by atoms with E-state index in [0.29, 0.717) is 17.0 Å². The Morgan fingerprint density at radius 3 is 2.68 bits per heavy atom. The number of carbonyl (C=O) groups is 2. The van der Waals surface area contributed by atoms with Gasteiger partial charge in [0.1, 0.15) is 5.75 Å². The van der Waals surface area contributed by atoms with Gasteiger partial charge in [0.2, 0.25) is 5.91 Å². The molecule has 102 valence electrons. The predicted molar refractivity (Wildman–Crippen MR) is 80.1 cm³/mol. The van der Waals surface area contributed by atoms with Crippen molar-refractivity contribution in [2.24, 2.45) is 10.8 Å². The molecule has 0 fully saturated rings. The number of halogens is 1. The van der Waals surface area contributed by atoms with Gasteiger partial charge in [-0.1, -0.05) is 0 Å². The molecule has 0 unspecified atom stereocenters. The SMILES string of the molecule is COc1ccc(C(=O)NN=C(C)CC(N)=O)cc1I. The Kier molecular flexibility index (Phi) is 5.74. The van der Waals surface area contributed by atoms with Gasteiger partial charge in [0, 0.05) is 11.3 Å². The average molecular weight is 375 g/mol. The predicted octanol–water partition coefficient (Wildman–Crippen LogP) is 1.28. The molecule has 0 atom stereocenters. The maximum Gasteiger partial charge on any atom is 0.271 e. The highest BCUT2D eigenvalue weighted by molar-refractivity contribution is 14.1. The molecular formula is C12H14IN3O3. The molecule has 0 aliphatic carbocycles. The molecule has 0 aliphatic rings. The number of hydrogen-bond donors (Lipinski definition) is 2. The van der Waals surface area contributed by atoms with Gasteiger partial charge < -0.3 is 10.5 Å². The summed E-state index contributed by atoms with van der Waals surface area (Å²) in [5.74, 6) is -0.149. The second kappa shape index (κ2) is 7.07. The summed E-state index contributed by atoms with van der Waals surface area (Å²) in [4.78, 5) is 22.5. The zero-order chi connectivity index (χ0) is 14.4. The summed E-state index contributed by atoms with van der Waals surface area (Å²) in [5, 5.41) is 3.80. The molecule has 0 aromatic heterocycles. The minimum atomic E-state index is -0.491. The van der Waals surface area contributed by atoms with Crippen LogP contribution < -0.4 is 15.9 Å². The van der Waals surface area contributed by atoms with Gasteiger partial charge >= 0.3 is 0 Å². The molecule has 1 rings (SSSR count). The normalized spacial score (nSPS) is 11.0. The van der Waals surface area contributed by atoms with Crippen molar-refractivity contribution >= 4 is 40.1 Å². The first kappa shape index (κ1) is 15.4. The smallest absolute Gasteiger partial charge is 0.271 e. The standard InChI is InChI=1S/C12H14IN3O3/c1-7(5-11(14)17)15-16-12(18)8-3-4-10(19-2)9(13)6-8/h3-4,6H,5H2,1-2H3,(H2,14,17)(H,16,18). The summed E-state index contributed by atoms with van der Waals surface area (Å²) in [5.41, 5.74) is 8.29. The van der Waals surface area contributed by atoms with Crippen molar-refractivity contribution in [3.63, 3.8) is 0 Å². The monoisotopic (exact) mass is 375 g/mol. The lowest BCUT2D eigenvalue weighted by Crippen LogP contribution is -2.21. The summed E-state index contributed by atoms with van der Waals surface area (Å²) < 4.78 is 5.93. The summed E-state index contributed by atoms with van der Waals surface area (Å²) in [6.07, 6.45) is 0.0143. The summed E-state index contributed by atoms with van der Waals surface area (Å²) in [6.45, 7) is 1.61. The fourth-order valence-corrected chi connectivity index (χ4v) is 2.05. The van der Waals surface area contributed by atoms with Gasteiger partial charge in [0.05, 0.1) is 17.1 Å². The van der Waals surface area contributed by atoms with E-state index in [1.54, 1.807) is 32.2 Å². The second-order valence-electron chi connectivity index (χ2n) is 3.78. The van der Waals surface area contributed by atoms with Gasteiger partial charge in [-0.2, -0.15) is 5.10 Å². The van der Waals surface area contributed by atoms with Crippen LogP contribution in [0.1, 0.15) is 23.7 Å². The number of amides is 2. The van der Waals surface area contributed by atoms with Crippen molar-refractivity contribution in [3.8, 4) is 5.75 Å². The van der Waals surface area contributed by atoms with Crippen LogP contribution in [0.25, 0.3) is 0 Å². The van der Waals surface area contributed by atoms with Crippen LogP contribution in [0, 0.1) is 3.57 Å².